The molecule has 0 saturated carbocycles. The SMILES string of the molecule is COc1ccc(Br)cc1/C=C/C(=O)OC(C)C(=O)Nc1ccc(F)cc1. The zero-order valence-electron chi connectivity index (χ0n) is 14.2. The maximum atomic E-state index is 12.9. The third-order valence-electron chi connectivity index (χ3n) is 3.36. The summed E-state index contributed by atoms with van der Waals surface area (Å²) < 4.78 is 24.0. The number of rotatable bonds is 6. The van der Waals surface area contributed by atoms with Crippen LogP contribution in [-0.4, -0.2) is 25.1 Å². The van der Waals surface area contributed by atoms with E-state index in [1.54, 1.807) is 12.1 Å². The average Bonchev–Trinajstić information content (AvgIpc) is 2.62. The highest BCUT2D eigenvalue weighted by Crippen LogP contribution is 2.24. The lowest BCUT2D eigenvalue weighted by Crippen LogP contribution is -2.29. The number of nitrogens with one attached hydrogen (secondary N) is 1. The van der Waals surface area contributed by atoms with Crippen molar-refractivity contribution in [2.75, 3.05) is 12.4 Å². The molecular formula is C19H17BrFNO4. The number of anilines is 1. The van der Waals surface area contributed by atoms with E-state index in [0.29, 0.717) is 17.0 Å². The summed E-state index contributed by atoms with van der Waals surface area (Å²) in [6.45, 7) is 1.45. The summed E-state index contributed by atoms with van der Waals surface area (Å²) in [6.07, 6.45) is 1.74. The quantitative estimate of drug-likeness (QED) is 0.561. The molecule has 0 aliphatic carbocycles. The summed E-state index contributed by atoms with van der Waals surface area (Å²) in [5, 5.41) is 2.54. The van der Waals surface area contributed by atoms with Gasteiger partial charge in [0.1, 0.15) is 11.6 Å². The molecule has 1 N–H and O–H groups in total. The van der Waals surface area contributed by atoms with Crippen LogP contribution in [0.15, 0.2) is 53.0 Å². The molecule has 1 atom stereocenters. The Bertz CT molecular complexity index is 821. The Morgan fingerprint density at radius 2 is 1.88 bits per heavy atom. The number of hydrogen-bond acceptors (Lipinski definition) is 4. The fraction of sp³-hybridized carbons (Fsp3) is 0.158. The molecule has 2 rings (SSSR count). The lowest BCUT2D eigenvalue weighted by molar-refractivity contribution is -0.148. The molecule has 1 unspecified atom stereocenters. The van der Waals surface area contributed by atoms with Gasteiger partial charge in [0, 0.05) is 21.8 Å². The minimum atomic E-state index is -1.01. The minimum absolute atomic E-state index is 0.407. The van der Waals surface area contributed by atoms with Gasteiger partial charge in [-0.25, -0.2) is 9.18 Å². The monoisotopic (exact) mass is 421 g/mol. The van der Waals surface area contributed by atoms with Crippen molar-refractivity contribution in [3.05, 3.63) is 64.4 Å². The van der Waals surface area contributed by atoms with Crippen molar-refractivity contribution >= 4 is 39.6 Å². The summed E-state index contributed by atoms with van der Waals surface area (Å²) in [5.74, 6) is -0.998. The Morgan fingerprint density at radius 1 is 1.19 bits per heavy atom. The van der Waals surface area contributed by atoms with Gasteiger partial charge in [0.25, 0.3) is 5.91 Å². The van der Waals surface area contributed by atoms with Gasteiger partial charge >= 0.3 is 5.97 Å². The Labute approximate surface area is 158 Å². The van der Waals surface area contributed by atoms with E-state index in [4.69, 9.17) is 9.47 Å². The number of carbonyl (C=O) groups excluding carboxylic acids is 2. The van der Waals surface area contributed by atoms with E-state index in [9.17, 15) is 14.0 Å². The number of esters is 1. The van der Waals surface area contributed by atoms with Crippen molar-refractivity contribution in [2.45, 2.75) is 13.0 Å². The predicted molar refractivity (Wildman–Crippen MR) is 100 cm³/mol. The number of benzene rings is 2. The van der Waals surface area contributed by atoms with E-state index in [1.807, 2.05) is 6.07 Å². The molecule has 7 heteroatoms. The van der Waals surface area contributed by atoms with Gasteiger partial charge in [0.2, 0.25) is 0 Å². The highest BCUT2D eigenvalue weighted by molar-refractivity contribution is 9.10. The van der Waals surface area contributed by atoms with Gasteiger partial charge < -0.3 is 14.8 Å². The molecule has 0 bridgehead atoms. The standard InChI is InChI=1S/C19H17BrFNO4/c1-12(19(24)22-16-7-5-15(21)6-8-16)26-18(23)10-3-13-11-14(20)4-9-17(13)25-2/h3-12H,1-2H3,(H,22,24)/b10-3+. The van der Waals surface area contributed by atoms with E-state index in [1.165, 1.54) is 50.5 Å². The molecule has 0 saturated heterocycles. The molecule has 0 heterocycles. The first-order chi connectivity index (χ1) is 12.4. The normalized spacial score (nSPS) is 11.8. The van der Waals surface area contributed by atoms with Crippen LogP contribution in [0.4, 0.5) is 10.1 Å². The van der Waals surface area contributed by atoms with Crippen molar-refractivity contribution in [1.82, 2.24) is 0 Å². The molecular weight excluding hydrogens is 405 g/mol. The second-order valence-electron chi connectivity index (χ2n) is 5.29. The molecule has 0 aliphatic heterocycles. The maximum absolute atomic E-state index is 12.9. The topological polar surface area (TPSA) is 64.6 Å². The van der Waals surface area contributed by atoms with E-state index in [2.05, 4.69) is 21.2 Å². The van der Waals surface area contributed by atoms with Crippen LogP contribution >= 0.6 is 15.9 Å². The second kappa shape index (κ2) is 9.15. The molecule has 1 amide bonds. The summed E-state index contributed by atoms with van der Waals surface area (Å²) in [5.41, 5.74) is 1.09. The number of amides is 1. The zero-order valence-corrected chi connectivity index (χ0v) is 15.7. The van der Waals surface area contributed by atoms with E-state index in [-0.39, 0.29) is 0 Å². The molecule has 0 spiro atoms. The van der Waals surface area contributed by atoms with Crippen LogP contribution in [0.5, 0.6) is 5.75 Å². The van der Waals surface area contributed by atoms with Crippen LogP contribution < -0.4 is 10.1 Å². The van der Waals surface area contributed by atoms with E-state index in [0.717, 1.165) is 4.47 Å². The molecule has 5 nitrogen and oxygen atoms in total. The maximum Gasteiger partial charge on any atom is 0.331 e. The Kier molecular flexibility index (Phi) is 6.91. The van der Waals surface area contributed by atoms with Crippen LogP contribution in [0, 0.1) is 5.82 Å². The lowest BCUT2D eigenvalue weighted by atomic mass is 10.2. The Balaban J connectivity index is 1.95. The number of hydrogen-bond donors (Lipinski definition) is 1. The first kappa shape index (κ1) is 19.7. The number of ether oxygens (including phenoxy) is 2. The molecule has 26 heavy (non-hydrogen) atoms. The fourth-order valence-electron chi connectivity index (χ4n) is 2.04. The third-order valence-corrected chi connectivity index (χ3v) is 3.86. The summed E-state index contributed by atoms with van der Waals surface area (Å²) in [6, 6.07) is 10.6. The first-order valence-electron chi connectivity index (χ1n) is 7.67. The smallest absolute Gasteiger partial charge is 0.331 e. The predicted octanol–water partition coefficient (Wildman–Crippen LogP) is 4.18. The van der Waals surface area contributed by atoms with E-state index < -0.39 is 23.8 Å². The summed E-state index contributed by atoms with van der Waals surface area (Å²) in [4.78, 5) is 23.9. The summed E-state index contributed by atoms with van der Waals surface area (Å²) >= 11 is 3.35. The molecule has 0 radical (unpaired) electrons. The molecule has 0 fully saturated rings. The van der Waals surface area contributed by atoms with Crippen LogP contribution in [-0.2, 0) is 14.3 Å². The average molecular weight is 422 g/mol. The first-order valence-corrected chi connectivity index (χ1v) is 8.47. The van der Waals surface area contributed by atoms with E-state index >= 15 is 0 Å². The van der Waals surface area contributed by atoms with Crippen LogP contribution in [0.2, 0.25) is 0 Å². The van der Waals surface area contributed by atoms with Gasteiger partial charge in [-0.2, -0.15) is 0 Å². The zero-order chi connectivity index (χ0) is 19.1. The Morgan fingerprint density at radius 3 is 2.54 bits per heavy atom. The van der Waals surface area contributed by atoms with Crippen LogP contribution in [0.25, 0.3) is 6.08 Å². The van der Waals surface area contributed by atoms with Crippen LogP contribution in [0.3, 0.4) is 0 Å². The van der Waals surface area contributed by atoms with Crippen molar-refractivity contribution in [1.29, 1.82) is 0 Å². The second-order valence-corrected chi connectivity index (χ2v) is 6.21. The van der Waals surface area contributed by atoms with Gasteiger partial charge in [-0.15, -0.1) is 0 Å². The van der Waals surface area contributed by atoms with Gasteiger partial charge in [-0.3, -0.25) is 4.79 Å². The number of methoxy groups -OCH3 is 1. The Hall–Kier alpha value is -2.67. The molecule has 136 valence electrons. The number of halogens is 2. The third kappa shape index (κ3) is 5.70. The molecule has 0 aromatic heterocycles. The van der Waals surface area contributed by atoms with Gasteiger partial charge in [0.15, 0.2) is 6.10 Å². The minimum Gasteiger partial charge on any atom is -0.496 e. The number of carbonyl (C=O) groups is 2. The molecule has 2 aromatic carbocycles. The molecule has 0 aliphatic rings. The van der Waals surface area contributed by atoms with Crippen molar-refractivity contribution < 1.29 is 23.5 Å². The van der Waals surface area contributed by atoms with Crippen molar-refractivity contribution in [3.8, 4) is 5.75 Å². The summed E-state index contributed by atoms with van der Waals surface area (Å²) in [7, 11) is 1.53. The van der Waals surface area contributed by atoms with Crippen molar-refractivity contribution in [3.63, 3.8) is 0 Å². The van der Waals surface area contributed by atoms with Crippen LogP contribution in [0.1, 0.15) is 12.5 Å². The van der Waals surface area contributed by atoms with Crippen molar-refractivity contribution in [2.24, 2.45) is 0 Å². The molecule has 2 aromatic rings. The van der Waals surface area contributed by atoms with Gasteiger partial charge in [-0.05, 0) is 55.5 Å². The van der Waals surface area contributed by atoms with Gasteiger partial charge in [-0.1, -0.05) is 15.9 Å². The highest BCUT2D eigenvalue weighted by atomic mass is 79.9. The highest BCUT2D eigenvalue weighted by Gasteiger charge is 2.16. The lowest BCUT2D eigenvalue weighted by Gasteiger charge is -2.12. The van der Waals surface area contributed by atoms with Gasteiger partial charge in [0.05, 0.1) is 7.11 Å². The fourth-order valence-corrected chi connectivity index (χ4v) is 2.42. The largest absolute Gasteiger partial charge is 0.496 e.